The number of rotatable bonds is 3. The van der Waals surface area contributed by atoms with E-state index >= 15 is 0 Å². The lowest BCUT2D eigenvalue weighted by Crippen LogP contribution is -2.56. The highest BCUT2D eigenvalue weighted by molar-refractivity contribution is 6.01. The molecule has 0 aromatic heterocycles. The maximum atomic E-state index is 12.6. The second-order valence-electron chi connectivity index (χ2n) is 9.33. The van der Waals surface area contributed by atoms with Gasteiger partial charge >= 0.3 is 0 Å². The predicted molar refractivity (Wildman–Crippen MR) is 110 cm³/mol. The van der Waals surface area contributed by atoms with Crippen molar-refractivity contribution in [2.75, 3.05) is 13.7 Å². The summed E-state index contributed by atoms with van der Waals surface area (Å²) >= 11 is 0. The van der Waals surface area contributed by atoms with Crippen LogP contribution in [-0.4, -0.2) is 36.5 Å². The summed E-state index contributed by atoms with van der Waals surface area (Å²) in [6.07, 6.45) is 9.63. The molecule has 1 N–H and O–H groups in total. The topological polar surface area (TPSA) is 63.6 Å². The molecule has 0 heterocycles. The minimum Gasteiger partial charge on any atom is -0.393 e. The quantitative estimate of drug-likeness (QED) is 0.790. The molecule has 3 fully saturated rings. The summed E-state index contributed by atoms with van der Waals surface area (Å²) in [6, 6.07) is 0. The maximum absolute atomic E-state index is 12.6. The number of carbonyl (C=O) groups is 2. The number of methoxy groups -OCH3 is 1. The van der Waals surface area contributed by atoms with Crippen LogP contribution in [0.1, 0.15) is 59.8 Å². The molecule has 4 aliphatic carbocycles. The van der Waals surface area contributed by atoms with Crippen molar-refractivity contribution in [3.63, 3.8) is 0 Å². The Morgan fingerprint density at radius 3 is 2.64 bits per heavy atom. The molecular weight excluding hydrogens is 352 g/mol. The van der Waals surface area contributed by atoms with E-state index in [1.54, 1.807) is 19.3 Å². The standard InChI is InChI=1S/C22H30O4.C2H6/c1-21-9-8-14(23)10-13(21)4-5-15-16-6-7-17(19(25)12-26-3)22(16,2)11-18(24)20(15)21;1-2/h8-10,15-18,20,24H,4-7,11-12H2,1-3H3;1-2H3. The Bertz CT molecular complexity index is 693. The number of aliphatic hydroxyl groups is 1. The van der Waals surface area contributed by atoms with Crippen molar-refractivity contribution >= 4 is 11.6 Å². The van der Waals surface area contributed by atoms with Gasteiger partial charge in [0.2, 0.25) is 0 Å². The third-order valence-electron chi connectivity index (χ3n) is 8.17. The first-order chi connectivity index (χ1) is 13.3. The first-order valence-electron chi connectivity index (χ1n) is 10.9. The van der Waals surface area contributed by atoms with Crippen molar-refractivity contribution in [2.24, 2.45) is 34.5 Å². The zero-order valence-corrected chi connectivity index (χ0v) is 18.0. The average molecular weight is 389 g/mol. The second kappa shape index (κ2) is 7.87. The first-order valence-corrected chi connectivity index (χ1v) is 10.9. The fourth-order valence-electron chi connectivity index (χ4n) is 7.10. The Balaban J connectivity index is 0.00000109. The van der Waals surface area contributed by atoms with Gasteiger partial charge in [0.25, 0.3) is 0 Å². The lowest BCUT2D eigenvalue weighted by molar-refractivity contribution is -0.142. The zero-order chi connectivity index (χ0) is 20.7. The van der Waals surface area contributed by atoms with E-state index in [0.717, 1.165) is 25.7 Å². The Morgan fingerprint density at radius 2 is 1.96 bits per heavy atom. The largest absolute Gasteiger partial charge is 0.393 e. The van der Waals surface area contributed by atoms with Crippen LogP contribution in [0.3, 0.4) is 0 Å². The minimum atomic E-state index is -0.441. The van der Waals surface area contributed by atoms with Crippen molar-refractivity contribution < 1.29 is 19.4 Å². The van der Waals surface area contributed by atoms with Crippen LogP contribution in [0, 0.1) is 34.5 Å². The summed E-state index contributed by atoms with van der Waals surface area (Å²) in [5.74, 6) is 1.26. The number of allylic oxidation sites excluding steroid dienone is 4. The molecule has 4 aliphatic rings. The van der Waals surface area contributed by atoms with Gasteiger partial charge < -0.3 is 9.84 Å². The van der Waals surface area contributed by atoms with Gasteiger partial charge in [-0.15, -0.1) is 0 Å². The van der Waals surface area contributed by atoms with E-state index in [9.17, 15) is 14.7 Å². The smallest absolute Gasteiger partial charge is 0.178 e. The average Bonchev–Trinajstić information content (AvgIpc) is 3.00. The monoisotopic (exact) mass is 388 g/mol. The van der Waals surface area contributed by atoms with Gasteiger partial charge in [0.15, 0.2) is 11.6 Å². The Morgan fingerprint density at radius 1 is 1.25 bits per heavy atom. The van der Waals surface area contributed by atoms with Crippen molar-refractivity contribution in [2.45, 2.75) is 65.9 Å². The number of hydrogen-bond acceptors (Lipinski definition) is 4. The molecule has 0 aliphatic heterocycles. The number of aliphatic hydroxyl groups excluding tert-OH is 1. The van der Waals surface area contributed by atoms with Gasteiger partial charge in [-0.05, 0) is 61.5 Å². The van der Waals surface area contributed by atoms with Crippen LogP contribution < -0.4 is 0 Å². The summed E-state index contributed by atoms with van der Waals surface area (Å²) < 4.78 is 5.11. The lowest BCUT2D eigenvalue weighted by atomic mass is 9.46. The minimum absolute atomic E-state index is 0.00345. The number of carbonyl (C=O) groups excluding carboxylic acids is 2. The molecule has 0 spiro atoms. The molecule has 28 heavy (non-hydrogen) atoms. The van der Waals surface area contributed by atoms with Gasteiger partial charge in [0, 0.05) is 24.4 Å². The summed E-state index contributed by atoms with van der Waals surface area (Å²) in [6.45, 7) is 8.58. The Kier molecular flexibility index (Phi) is 6.03. The summed E-state index contributed by atoms with van der Waals surface area (Å²) in [4.78, 5) is 24.5. The zero-order valence-electron chi connectivity index (χ0n) is 18.0. The molecule has 156 valence electrons. The Labute approximate surface area is 169 Å². The fourth-order valence-corrected chi connectivity index (χ4v) is 7.10. The molecule has 0 bridgehead atoms. The molecule has 4 nitrogen and oxygen atoms in total. The molecule has 0 aromatic carbocycles. The molecule has 7 unspecified atom stereocenters. The van der Waals surface area contributed by atoms with Crippen molar-refractivity contribution in [3.8, 4) is 0 Å². The summed E-state index contributed by atoms with van der Waals surface area (Å²) in [5.41, 5.74) is 0.813. The van der Waals surface area contributed by atoms with E-state index in [1.807, 2.05) is 19.9 Å². The highest BCUT2D eigenvalue weighted by Crippen LogP contribution is 2.66. The molecule has 3 saturated carbocycles. The van der Waals surface area contributed by atoms with E-state index in [4.69, 9.17) is 4.74 Å². The molecule has 0 aromatic rings. The van der Waals surface area contributed by atoms with E-state index in [0.29, 0.717) is 18.3 Å². The van der Waals surface area contributed by atoms with Crippen molar-refractivity contribution in [1.82, 2.24) is 0 Å². The van der Waals surface area contributed by atoms with Gasteiger partial charge in [0.05, 0.1) is 6.10 Å². The van der Waals surface area contributed by atoms with Gasteiger partial charge in [-0.2, -0.15) is 0 Å². The van der Waals surface area contributed by atoms with Gasteiger partial charge in [-0.25, -0.2) is 0 Å². The van der Waals surface area contributed by atoms with Gasteiger partial charge in [-0.3, -0.25) is 9.59 Å². The van der Waals surface area contributed by atoms with E-state index in [2.05, 4.69) is 13.8 Å². The van der Waals surface area contributed by atoms with E-state index in [1.165, 1.54) is 5.57 Å². The number of ether oxygens (including phenoxy) is 1. The molecule has 4 heteroatoms. The normalized spacial score (nSPS) is 43.9. The van der Waals surface area contributed by atoms with Crippen LogP contribution in [0.25, 0.3) is 0 Å². The number of hydrogen-bond donors (Lipinski definition) is 1. The van der Waals surface area contributed by atoms with Crippen LogP contribution in [0.5, 0.6) is 0 Å². The van der Waals surface area contributed by atoms with Crippen molar-refractivity contribution in [3.05, 3.63) is 23.8 Å². The van der Waals surface area contributed by atoms with Crippen LogP contribution in [0.2, 0.25) is 0 Å². The molecule has 0 saturated heterocycles. The number of Topliss-reactive ketones (excluding diaryl/α,β-unsaturated/α-hetero) is 1. The van der Waals surface area contributed by atoms with Crippen LogP contribution in [0.15, 0.2) is 23.8 Å². The predicted octanol–water partition coefficient (Wildman–Crippen LogP) is 4.12. The van der Waals surface area contributed by atoms with Crippen LogP contribution >= 0.6 is 0 Å². The molecule has 0 radical (unpaired) electrons. The van der Waals surface area contributed by atoms with Crippen LogP contribution in [0.4, 0.5) is 0 Å². The molecule has 0 amide bonds. The number of fused-ring (bicyclic) bond motifs is 5. The highest BCUT2D eigenvalue weighted by atomic mass is 16.5. The van der Waals surface area contributed by atoms with E-state index < -0.39 is 6.10 Å². The number of ketones is 2. The second-order valence-corrected chi connectivity index (χ2v) is 9.33. The van der Waals surface area contributed by atoms with Crippen LogP contribution in [-0.2, 0) is 14.3 Å². The van der Waals surface area contributed by atoms with Gasteiger partial charge in [-0.1, -0.05) is 39.3 Å². The molecular formula is C24H36O4. The van der Waals surface area contributed by atoms with E-state index in [-0.39, 0.29) is 40.8 Å². The Hall–Kier alpha value is -1.26. The third kappa shape index (κ3) is 3.13. The SMILES string of the molecule is CC.COCC(=O)C1CCC2C3CCC4=CC(=O)C=CC4(C)C3C(O)CC12C. The van der Waals surface area contributed by atoms with Gasteiger partial charge in [0.1, 0.15) is 6.61 Å². The summed E-state index contributed by atoms with van der Waals surface area (Å²) in [7, 11) is 1.57. The highest BCUT2D eigenvalue weighted by Gasteiger charge is 2.62. The first kappa shape index (κ1) is 21.4. The van der Waals surface area contributed by atoms with Crippen molar-refractivity contribution in [1.29, 1.82) is 0 Å². The lowest BCUT2D eigenvalue weighted by Gasteiger charge is -2.58. The fraction of sp³-hybridized carbons (Fsp3) is 0.750. The third-order valence-corrected chi connectivity index (χ3v) is 8.17. The molecule has 4 rings (SSSR count). The maximum Gasteiger partial charge on any atom is 0.178 e. The molecule has 7 atom stereocenters. The summed E-state index contributed by atoms with van der Waals surface area (Å²) in [5, 5.41) is 11.2.